The van der Waals surface area contributed by atoms with Gasteiger partial charge in [-0.05, 0) is 18.2 Å². The molecule has 2 aromatic carbocycles. The molecule has 0 aromatic heterocycles. The predicted octanol–water partition coefficient (Wildman–Crippen LogP) is 3.34. The monoisotopic (exact) mass is 283 g/mol. The van der Waals surface area contributed by atoms with Crippen LogP contribution in [0.2, 0.25) is 0 Å². The van der Waals surface area contributed by atoms with E-state index in [-0.39, 0.29) is 5.69 Å². The Labute approximate surface area is 119 Å². The largest absolute Gasteiger partial charge is 0.425 e. The van der Waals surface area contributed by atoms with Crippen molar-refractivity contribution < 1.29 is 14.5 Å². The van der Waals surface area contributed by atoms with Gasteiger partial charge in [0.2, 0.25) is 0 Å². The van der Waals surface area contributed by atoms with Gasteiger partial charge in [0.1, 0.15) is 5.75 Å². The zero-order valence-electron chi connectivity index (χ0n) is 10.7. The Kier molecular flexibility index (Phi) is 3.15. The van der Waals surface area contributed by atoms with Crippen LogP contribution in [0, 0.1) is 10.1 Å². The third-order valence-electron chi connectivity index (χ3n) is 2.98. The number of non-ortho nitro benzene ring substituents is 1. The average Bonchev–Trinajstić information content (AvgIpc) is 2.91. The second-order valence-electron chi connectivity index (χ2n) is 4.35. The minimum atomic E-state index is -0.972. The number of nitro groups is 1. The highest BCUT2D eigenvalue weighted by Gasteiger charge is 2.31. The topological polar surface area (TPSA) is 94.2 Å². The summed E-state index contributed by atoms with van der Waals surface area (Å²) >= 11 is 0. The molecule has 7 heteroatoms. The lowest BCUT2D eigenvalue weighted by Crippen LogP contribution is -2.15. The summed E-state index contributed by atoms with van der Waals surface area (Å²) in [5, 5.41) is 18.5. The molecular weight excluding hydrogens is 274 g/mol. The molecule has 104 valence electrons. The van der Waals surface area contributed by atoms with E-state index in [0.717, 1.165) is 0 Å². The summed E-state index contributed by atoms with van der Waals surface area (Å²) in [7, 11) is 0. The van der Waals surface area contributed by atoms with Crippen molar-refractivity contribution in [2.24, 2.45) is 10.2 Å². The lowest BCUT2D eigenvalue weighted by atomic mass is 10.1. The van der Waals surface area contributed by atoms with Crippen molar-refractivity contribution in [1.82, 2.24) is 0 Å². The van der Waals surface area contributed by atoms with Crippen LogP contribution in [-0.2, 0) is 4.79 Å². The summed E-state index contributed by atoms with van der Waals surface area (Å²) < 4.78 is 5.19. The number of hydrogen-bond donors (Lipinski definition) is 0. The number of esters is 1. The molecule has 3 rings (SSSR count). The minimum absolute atomic E-state index is 0.112. The Morgan fingerprint density at radius 1 is 1.19 bits per heavy atom. The SMILES string of the molecule is O=C(Oc1ccccc1)C1N=Nc2ccc([N+](=O)[O-])cc21. The van der Waals surface area contributed by atoms with Crippen LogP contribution in [0.1, 0.15) is 11.6 Å². The Balaban J connectivity index is 1.86. The van der Waals surface area contributed by atoms with Crippen LogP contribution in [0.5, 0.6) is 5.75 Å². The van der Waals surface area contributed by atoms with E-state index in [4.69, 9.17) is 4.74 Å². The summed E-state index contributed by atoms with van der Waals surface area (Å²) in [4.78, 5) is 22.4. The maximum atomic E-state index is 12.1. The third-order valence-corrected chi connectivity index (χ3v) is 2.98. The first-order valence-corrected chi connectivity index (χ1v) is 6.11. The highest BCUT2D eigenvalue weighted by molar-refractivity contribution is 5.83. The number of rotatable bonds is 3. The zero-order chi connectivity index (χ0) is 14.8. The first kappa shape index (κ1) is 12.9. The summed E-state index contributed by atoms with van der Waals surface area (Å²) in [5.41, 5.74) is 0.708. The van der Waals surface area contributed by atoms with Crippen LogP contribution in [0.25, 0.3) is 0 Å². The zero-order valence-corrected chi connectivity index (χ0v) is 10.7. The van der Waals surface area contributed by atoms with Gasteiger partial charge in [-0.3, -0.25) is 10.1 Å². The summed E-state index contributed by atoms with van der Waals surface area (Å²) in [6, 6.07) is 11.7. The molecular formula is C14H9N3O4. The van der Waals surface area contributed by atoms with Crippen molar-refractivity contribution in [2.45, 2.75) is 6.04 Å². The lowest BCUT2D eigenvalue weighted by Gasteiger charge is -2.08. The van der Waals surface area contributed by atoms with E-state index in [1.54, 1.807) is 30.3 Å². The van der Waals surface area contributed by atoms with Gasteiger partial charge in [-0.1, -0.05) is 18.2 Å². The molecule has 1 unspecified atom stereocenters. The fourth-order valence-corrected chi connectivity index (χ4v) is 1.98. The van der Waals surface area contributed by atoms with E-state index >= 15 is 0 Å². The lowest BCUT2D eigenvalue weighted by molar-refractivity contribution is -0.384. The third kappa shape index (κ3) is 2.48. The fourth-order valence-electron chi connectivity index (χ4n) is 1.98. The highest BCUT2D eigenvalue weighted by atomic mass is 16.6. The number of azo groups is 1. The molecule has 7 nitrogen and oxygen atoms in total. The molecule has 0 radical (unpaired) electrons. The molecule has 2 aromatic rings. The van der Waals surface area contributed by atoms with Gasteiger partial charge in [-0.25, -0.2) is 4.79 Å². The van der Waals surface area contributed by atoms with Crippen molar-refractivity contribution in [2.75, 3.05) is 0 Å². The number of fused-ring (bicyclic) bond motifs is 1. The summed E-state index contributed by atoms with van der Waals surface area (Å²) in [6.45, 7) is 0. The van der Waals surface area contributed by atoms with E-state index in [1.807, 2.05) is 0 Å². The minimum Gasteiger partial charge on any atom is -0.425 e. The average molecular weight is 283 g/mol. The number of carbonyl (C=O) groups is 1. The second kappa shape index (κ2) is 5.12. The maximum absolute atomic E-state index is 12.1. The van der Waals surface area contributed by atoms with E-state index in [1.165, 1.54) is 18.2 Å². The number of nitrogens with zero attached hydrogens (tertiary/aromatic N) is 3. The number of benzene rings is 2. The molecule has 0 amide bonds. The van der Waals surface area contributed by atoms with Gasteiger partial charge < -0.3 is 4.74 Å². The second-order valence-corrected chi connectivity index (χ2v) is 4.35. The predicted molar refractivity (Wildman–Crippen MR) is 72.4 cm³/mol. The molecule has 1 heterocycles. The fraction of sp³-hybridized carbons (Fsp3) is 0.0714. The van der Waals surface area contributed by atoms with E-state index in [2.05, 4.69) is 10.2 Å². The molecule has 0 saturated carbocycles. The number of hydrogen-bond acceptors (Lipinski definition) is 6. The smallest absolute Gasteiger partial charge is 0.342 e. The van der Waals surface area contributed by atoms with Crippen molar-refractivity contribution in [1.29, 1.82) is 0 Å². The van der Waals surface area contributed by atoms with Crippen molar-refractivity contribution in [3.8, 4) is 5.75 Å². The quantitative estimate of drug-likeness (QED) is 0.373. The molecule has 0 saturated heterocycles. The Morgan fingerprint density at radius 3 is 2.67 bits per heavy atom. The van der Waals surface area contributed by atoms with Crippen LogP contribution in [0.4, 0.5) is 11.4 Å². The van der Waals surface area contributed by atoms with Gasteiger partial charge in [-0.2, -0.15) is 10.2 Å². The van der Waals surface area contributed by atoms with E-state index in [9.17, 15) is 14.9 Å². The highest BCUT2D eigenvalue weighted by Crippen LogP contribution is 2.38. The molecule has 21 heavy (non-hydrogen) atoms. The van der Waals surface area contributed by atoms with Crippen LogP contribution >= 0.6 is 0 Å². The van der Waals surface area contributed by atoms with Gasteiger partial charge >= 0.3 is 5.97 Å². The Hall–Kier alpha value is -3.09. The van der Waals surface area contributed by atoms with Crippen molar-refractivity contribution in [3.63, 3.8) is 0 Å². The standard InChI is InChI=1S/C14H9N3O4/c18-14(21-10-4-2-1-3-5-10)13-11-8-9(17(19)20)6-7-12(11)15-16-13/h1-8,13H. The number of para-hydroxylation sites is 1. The summed E-state index contributed by atoms with van der Waals surface area (Å²) in [6.07, 6.45) is 0. The van der Waals surface area contributed by atoms with E-state index in [0.29, 0.717) is 17.0 Å². The van der Waals surface area contributed by atoms with Crippen LogP contribution in [0.3, 0.4) is 0 Å². The summed E-state index contributed by atoms with van der Waals surface area (Å²) in [5.74, 6) is -0.235. The van der Waals surface area contributed by atoms with Gasteiger partial charge in [0.15, 0.2) is 6.04 Å². The molecule has 1 aliphatic heterocycles. The van der Waals surface area contributed by atoms with Crippen LogP contribution in [-0.4, -0.2) is 10.9 Å². The molecule has 0 spiro atoms. The molecule has 1 aliphatic rings. The molecule has 1 atom stereocenters. The molecule has 0 aliphatic carbocycles. The molecule has 0 bridgehead atoms. The van der Waals surface area contributed by atoms with Gasteiger partial charge in [0, 0.05) is 17.7 Å². The first-order chi connectivity index (χ1) is 10.1. The van der Waals surface area contributed by atoms with E-state index < -0.39 is 16.9 Å². The molecule has 0 fully saturated rings. The maximum Gasteiger partial charge on any atom is 0.342 e. The Morgan fingerprint density at radius 2 is 1.95 bits per heavy atom. The Bertz CT molecular complexity index is 743. The first-order valence-electron chi connectivity index (χ1n) is 6.11. The van der Waals surface area contributed by atoms with Crippen LogP contribution < -0.4 is 4.74 Å². The van der Waals surface area contributed by atoms with Crippen molar-refractivity contribution >= 4 is 17.3 Å². The normalized spacial score (nSPS) is 15.5. The number of carbonyl (C=O) groups excluding carboxylic acids is 1. The van der Waals surface area contributed by atoms with Gasteiger partial charge in [0.05, 0.1) is 10.6 Å². The van der Waals surface area contributed by atoms with Crippen molar-refractivity contribution in [3.05, 3.63) is 64.2 Å². The van der Waals surface area contributed by atoms with Crippen LogP contribution in [0.15, 0.2) is 58.8 Å². The van der Waals surface area contributed by atoms with Gasteiger partial charge in [0.25, 0.3) is 5.69 Å². The molecule has 0 N–H and O–H groups in total. The number of nitro benzene ring substituents is 1. The van der Waals surface area contributed by atoms with Gasteiger partial charge in [-0.15, -0.1) is 0 Å². The number of ether oxygens (including phenoxy) is 1.